The second-order valence-electron chi connectivity index (χ2n) is 7.91. The summed E-state index contributed by atoms with van der Waals surface area (Å²) in [4.78, 5) is 4.84. The Morgan fingerprint density at radius 2 is 2.00 bits per heavy atom. The Morgan fingerprint density at radius 3 is 2.77 bits per heavy atom. The second kappa shape index (κ2) is 8.76. The standard InChI is InChI=1S/C21H33N3O2/c1-4-22-20(23-12-9-16-10-13-25-14-11-16)24-18-15-21(2,3)26-19-8-6-5-7-17(18)19/h5-8,16,18H,4,9-15H2,1-3H3,(H2,22,23,24). The van der Waals surface area contributed by atoms with Gasteiger partial charge in [0.05, 0.1) is 6.04 Å². The number of ether oxygens (including phenoxy) is 2. The Hall–Kier alpha value is -1.75. The first-order valence-corrected chi connectivity index (χ1v) is 9.98. The van der Waals surface area contributed by atoms with Gasteiger partial charge in [0.25, 0.3) is 0 Å². The lowest BCUT2D eigenvalue weighted by molar-refractivity contribution is 0.0646. The maximum atomic E-state index is 6.14. The molecule has 5 nitrogen and oxygen atoms in total. The Morgan fingerprint density at radius 1 is 1.23 bits per heavy atom. The molecular weight excluding hydrogens is 326 g/mol. The average molecular weight is 360 g/mol. The van der Waals surface area contributed by atoms with Crippen LogP contribution in [0.2, 0.25) is 0 Å². The number of nitrogens with one attached hydrogen (secondary N) is 2. The molecule has 2 heterocycles. The van der Waals surface area contributed by atoms with Crippen LogP contribution in [-0.4, -0.2) is 37.9 Å². The van der Waals surface area contributed by atoms with Gasteiger partial charge in [0.15, 0.2) is 5.96 Å². The van der Waals surface area contributed by atoms with Crippen LogP contribution in [0.4, 0.5) is 0 Å². The van der Waals surface area contributed by atoms with E-state index in [1.807, 2.05) is 6.07 Å². The highest BCUT2D eigenvalue weighted by atomic mass is 16.5. The van der Waals surface area contributed by atoms with E-state index in [4.69, 9.17) is 14.5 Å². The first kappa shape index (κ1) is 19.0. The summed E-state index contributed by atoms with van der Waals surface area (Å²) < 4.78 is 11.6. The lowest BCUT2D eigenvalue weighted by atomic mass is 9.90. The minimum atomic E-state index is -0.189. The van der Waals surface area contributed by atoms with Crippen molar-refractivity contribution in [2.75, 3.05) is 26.3 Å². The van der Waals surface area contributed by atoms with Gasteiger partial charge in [0.1, 0.15) is 11.4 Å². The van der Waals surface area contributed by atoms with Gasteiger partial charge in [0.2, 0.25) is 0 Å². The first-order valence-electron chi connectivity index (χ1n) is 9.98. The van der Waals surface area contributed by atoms with E-state index in [2.05, 4.69) is 49.6 Å². The van der Waals surface area contributed by atoms with E-state index in [1.165, 1.54) is 18.4 Å². The number of hydrogen-bond acceptors (Lipinski definition) is 3. The third kappa shape index (κ3) is 5.13. The summed E-state index contributed by atoms with van der Waals surface area (Å²) in [7, 11) is 0. The number of nitrogens with zero attached hydrogens (tertiary/aromatic N) is 1. The fourth-order valence-corrected chi connectivity index (χ4v) is 3.81. The van der Waals surface area contributed by atoms with Crippen LogP contribution in [0.3, 0.4) is 0 Å². The van der Waals surface area contributed by atoms with Gasteiger partial charge in [-0.15, -0.1) is 0 Å². The van der Waals surface area contributed by atoms with Crippen molar-refractivity contribution in [3.63, 3.8) is 0 Å². The Labute approximate surface area is 157 Å². The van der Waals surface area contributed by atoms with Gasteiger partial charge in [0, 0.05) is 38.3 Å². The highest BCUT2D eigenvalue weighted by Crippen LogP contribution is 2.39. The lowest BCUT2D eigenvalue weighted by Gasteiger charge is -2.38. The monoisotopic (exact) mass is 359 g/mol. The molecule has 2 N–H and O–H groups in total. The topological polar surface area (TPSA) is 54.9 Å². The third-order valence-corrected chi connectivity index (χ3v) is 5.18. The number of rotatable bonds is 5. The van der Waals surface area contributed by atoms with Crippen LogP contribution < -0.4 is 15.4 Å². The van der Waals surface area contributed by atoms with E-state index in [-0.39, 0.29) is 11.6 Å². The zero-order chi connectivity index (χ0) is 18.4. The first-order chi connectivity index (χ1) is 12.6. The lowest BCUT2D eigenvalue weighted by Crippen LogP contribution is -2.45. The van der Waals surface area contributed by atoms with Gasteiger partial charge in [-0.3, -0.25) is 4.99 Å². The zero-order valence-electron chi connectivity index (χ0n) is 16.4. The van der Waals surface area contributed by atoms with Crippen molar-refractivity contribution in [1.82, 2.24) is 10.6 Å². The zero-order valence-corrected chi connectivity index (χ0v) is 16.4. The van der Waals surface area contributed by atoms with Gasteiger partial charge in [-0.05, 0) is 52.0 Å². The van der Waals surface area contributed by atoms with Gasteiger partial charge in [-0.2, -0.15) is 0 Å². The molecule has 5 heteroatoms. The molecule has 0 amide bonds. The summed E-state index contributed by atoms with van der Waals surface area (Å²) >= 11 is 0. The maximum absolute atomic E-state index is 6.14. The molecule has 0 aromatic heterocycles. The predicted molar refractivity (Wildman–Crippen MR) is 106 cm³/mol. The number of guanidine groups is 1. The molecule has 26 heavy (non-hydrogen) atoms. The maximum Gasteiger partial charge on any atom is 0.191 e. The van der Waals surface area contributed by atoms with Crippen LogP contribution in [0.5, 0.6) is 5.75 Å². The fourth-order valence-electron chi connectivity index (χ4n) is 3.81. The van der Waals surface area contributed by atoms with Gasteiger partial charge in [-0.25, -0.2) is 0 Å². The third-order valence-electron chi connectivity index (χ3n) is 5.18. The molecule has 0 spiro atoms. The van der Waals surface area contributed by atoms with E-state index in [9.17, 15) is 0 Å². The van der Waals surface area contributed by atoms with Crippen molar-refractivity contribution in [2.45, 2.75) is 58.1 Å². The van der Waals surface area contributed by atoms with Crippen LogP contribution in [0, 0.1) is 5.92 Å². The van der Waals surface area contributed by atoms with Crippen LogP contribution in [0.1, 0.15) is 58.1 Å². The highest BCUT2D eigenvalue weighted by molar-refractivity contribution is 5.80. The van der Waals surface area contributed by atoms with E-state index in [0.717, 1.165) is 56.8 Å². The van der Waals surface area contributed by atoms with E-state index in [1.54, 1.807) is 0 Å². The van der Waals surface area contributed by atoms with E-state index in [0.29, 0.717) is 0 Å². The molecule has 1 aromatic carbocycles. The Balaban J connectivity index is 1.65. The number of hydrogen-bond donors (Lipinski definition) is 2. The number of fused-ring (bicyclic) bond motifs is 1. The number of aliphatic imine (C=N–C) groups is 1. The summed E-state index contributed by atoms with van der Waals surface area (Å²) in [5.74, 6) is 2.62. The summed E-state index contributed by atoms with van der Waals surface area (Å²) in [5, 5.41) is 7.04. The summed E-state index contributed by atoms with van der Waals surface area (Å²) in [6.07, 6.45) is 4.38. The average Bonchev–Trinajstić information content (AvgIpc) is 2.62. The molecule has 1 unspecified atom stereocenters. The molecule has 0 bridgehead atoms. The normalized spacial score (nSPS) is 23.0. The molecule has 2 aliphatic rings. The molecule has 1 atom stereocenters. The van der Waals surface area contributed by atoms with Crippen molar-refractivity contribution in [2.24, 2.45) is 10.9 Å². The molecule has 2 aliphatic heterocycles. The fraction of sp³-hybridized carbons (Fsp3) is 0.667. The van der Waals surface area contributed by atoms with E-state index >= 15 is 0 Å². The van der Waals surface area contributed by atoms with Crippen molar-refractivity contribution in [3.8, 4) is 5.75 Å². The summed E-state index contributed by atoms with van der Waals surface area (Å²) in [6.45, 7) is 9.92. The molecule has 3 rings (SSSR count). The quantitative estimate of drug-likeness (QED) is 0.622. The predicted octanol–water partition coefficient (Wildman–Crippen LogP) is 3.66. The highest BCUT2D eigenvalue weighted by Gasteiger charge is 2.33. The molecule has 1 saturated heterocycles. The van der Waals surface area contributed by atoms with Crippen LogP contribution in [-0.2, 0) is 4.74 Å². The molecule has 0 saturated carbocycles. The van der Waals surface area contributed by atoms with Crippen molar-refractivity contribution >= 4 is 5.96 Å². The van der Waals surface area contributed by atoms with Gasteiger partial charge < -0.3 is 20.1 Å². The summed E-state index contributed by atoms with van der Waals surface area (Å²) in [5.41, 5.74) is 1.02. The van der Waals surface area contributed by atoms with Crippen LogP contribution in [0.25, 0.3) is 0 Å². The number of benzene rings is 1. The minimum absolute atomic E-state index is 0.189. The Bertz CT molecular complexity index is 609. The van der Waals surface area contributed by atoms with E-state index < -0.39 is 0 Å². The Kier molecular flexibility index (Phi) is 6.41. The molecular formula is C21H33N3O2. The van der Waals surface area contributed by atoms with Gasteiger partial charge >= 0.3 is 0 Å². The molecule has 1 aromatic rings. The van der Waals surface area contributed by atoms with Crippen molar-refractivity contribution < 1.29 is 9.47 Å². The minimum Gasteiger partial charge on any atom is -0.487 e. The molecule has 1 fully saturated rings. The number of para-hydroxylation sites is 1. The van der Waals surface area contributed by atoms with Crippen LogP contribution in [0.15, 0.2) is 29.3 Å². The molecule has 144 valence electrons. The van der Waals surface area contributed by atoms with Crippen molar-refractivity contribution in [1.29, 1.82) is 0 Å². The van der Waals surface area contributed by atoms with Crippen LogP contribution >= 0.6 is 0 Å². The smallest absolute Gasteiger partial charge is 0.191 e. The summed E-state index contributed by atoms with van der Waals surface area (Å²) in [6, 6.07) is 8.51. The SMILES string of the molecule is CCNC(=NCCC1CCOCC1)NC1CC(C)(C)Oc2ccccc21. The molecule has 0 aliphatic carbocycles. The van der Waals surface area contributed by atoms with Gasteiger partial charge in [-0.1, -0.05) is 18.2 Å². The second-order valence-corrected chi connectivity index (χ2v) is 7.91. The largest absolute Gasteiger partial charge is 0.487 e. The molecule has 0 radical (unpaired) electrons. The van der Waals surface area contributed by atoms with Crippen molar-refractivity contribution in [3.05, 3.63) is 29.8 Å².